The number of likely N-dealkylation sites (tertiary alicyclic amines) is 1. The second-order valence-electron chi connectivity index (χ2n) is 9.18. The third-order valence-corrected chi connectivity index (χ3v) is 8.35. The Bertz CT molecular complexity index is 1130. The van der Waals surface area contributed by atoms with Crippen molar-refractivity contribution in [2.45, 2.75) is 44.7 Å². The first-order chi connectivity index (χ1) is 16.1. The van der Waals surface area contributed by atoms with E-state index >= 15 is 0 Å². The molecule has 10 heteroatoms. The van der Waals surface area contributed by atoms with Crippen LogP contribution in [0.25, 0.3) is 11.0 Å². The van der Waals surface area contributed by atoms with E-state index in [1.807, 2.05) is 19.5 Å². The minimum absolute atomic E-state index is 0.198. The summed E-state index contributed by atoms with van der Waals surface area (Å²) in [7, 11) is 1.81. The Labute approximate surface area is 203 Å². The molecule has 3 aromatic rings. The Morgan fingerprint density at radius 1 is 1.24 bits per heavy atom. The quantitative estimate of drug-likeness (QED) is 0.315. The van der Waals surface area contributed by atoms with Crippen LogP contribution in [-0.4, -0.2) is 61.1 Å². The smallest absolute Gasteiger partial charge is 0.226 e. The fraction of sp³-hybridized carbons (Fsp3) is 0.565. The Morgan fingerprint density at radius 2 is 2.06 bits per heavy atom. The van der Waals surface area contributed by atoms with Crippen molar-refractivity contribution < 1.29 is 0 Å². The highest BCUT2D eigenvalue weighted by atomic mass is 35.5. The number of H-pyrrole nitrogens is 1. The van der Waals surface area contributed by atoms with Crippen LogP contribution >= 0.6 is 23.4 Å². The summed E-state index contributed by atoms with van der Waals surface area (Å²) < 4.78 is 2.29. The summed E-state index contributed by atoms with van der Waals surface area (Å²) >= 11 is 7.83. The number of thioether (sulfide) groups is 1. The van der Waals surface area contributed by atoms with Gasteiger partial charge in [0.15, 0.2) is 0 Å². The lowest BCUT2D eigenvalue weighted by Crippen LogP contribution is -2.35. The number of anilines is 1. The topological polar surface area (TPSA) is 101 Å². The summed E-state index contributed by atoms with van der Waals surface area (Å²) in [5, 5.41) is 9.16. The molecule has 3 aromatic heterocycles. The van der Waals surface area contributed by atoms with E-state index in [1.54, 1.807) is 11.8 Å². The van der Waals surface area contributed by atoms with Crippen molar-refractivity contribution in [2.75, 3.05) is 32.1 Å². The summed E-state index contributed by atoms with van der Waals surface area (Å²) in [4.78, 5) is 15.8. The molecular weight excluding hydrogens is 456 g/mol. The molecule has 0 radical (unpaired) electrons. The van der Waals surface area contributed by atoms with Crippen molar-refractivity contribution in [2.24, 2.45) is 16.8 Å². The molecule has 1 aliphatic heterocycles. The molecule has 1 saturated heterocycles. The molecule has 0 aromatic carbocycles. The van der Waals surface area contributed by atoms with E-state index in [4.69, 9.17) is 17.3 Å². The Hall–Kier alpha value is -2.10. The molecule has 3 N–H and O–H groups in total. The van der Waals surface area contributed by atoms with Crippen molar-refractivity contribution in [1.82, 2.24) is 29.6 Å². The van der Waals surface area contributed by atoms with E-state index in [-0.39, 0.29) is 5.28 Å². The molecular formula is C23H31ClN8S. The molecule has 0 amide bonds. The first-order valence-corrected chi connectivity index (χ1v) is 13.2. The second kappa shape index (κ2) is 9.64. The standard InChI is InChI=1S/C23H31ClN8S/c1-26-22(33-2)18-13-32(21-19(18)20(25)28-23(24)29-21)17-4-3-15(11-17)14-6-9-31(10-7-14)12-16-5-8-27-30-16/h5,8,13-15,17H,3-4,6-7,9-12H2,1-2H3,(H,27,30)(H2,25,28,29)/b26-22-. The van der Waals surface area contributed by atoms with E-state index in [9.17, 15) is 0 Å². The highest BCUT2D eigenvalue weighted by molar-refractivity contribution is 8.13. The number of fused-ring (bicyclic) bond motifs is 1. The van der Waals surface area contributed by atoms with Crippen LogP contribution in [0.15, 0.2) is 23.5 Å². The maximum atomic E-state index is 6.30. The van der Waals surface area contributed by atoms with Gasteiger partial charge < -0.3 is 10.3 Å². The van der Waals surface area contributed by atoms with Crippen LogP contribution in [0.3, 0.4) is 0 Å². The lowest BCUT2D eigenvalue weighted by atomic mass is 9.83. The number of piperidine rings is 1. The molecule has 2 unspecified atom stereocenters. The zero-order valence-corrected chi connectivity index (χ0v) is 20.7. The highest BCUT2D eigenvalue weighted by Gasteiger charge is 2.35. The summed E-state index contributed by atoms with van der Waals surface area (Å²) in [6.45, 7) is 3.28. The van der Waals surface area contributed by atoms with E-state index < -0.39 is 0 Å². The van der Waals surface area contributed by atoms with Gasteiger partial charge in [0.25, 0.3) is 0 Å². The number of hydrogen-bond donors (Lipinski definition) is 2. The Kier molecular flexibility index (Phi) is 6.62. The third-order valence-electron chi connectivity index (χ3n) is 7.39. The van der Waals surface area contributed by atoms with Crippen LogP contribution in [0.1, 0.15) is 49.4 Å². The maximum Gasteiger partial charge on any atom is 0.226 e. The largest absolute Gasteiger partial charge is 0.383 e. The van der Waals surface area contributed by atoms with Crippen LogP contribution in [0.2, 0.25) is 5.28 Å². The first kappa shape index (κ1) is 22.7. The van der Waals surface area contributed by atoms with Gasteiger partial charge in [-0.25, -0.2) is 4.98 Å². The molecule has 1 aliphatic carbocycles. The normalized spacial score (nSPS) is 23.1. The van der Waals surface area contributed by atoms with Crippen LogP contribution in [0, 0.1) is 11.8 Å². The van der Waals surface area contributed by atoms with Crippen LogP contribution in [-0.2, 0) is 6.54 Å². The number of nitrogens with two attached hydrogens (primary N) is 1. The molecule has 33 heavy (non-hydrogen) atoms. The van der Waals surface area contributed by atoms with Crippen molar-refractivity contribution in [1.29, 1.82) is 0 Å². The third kappa shape index (κ3) is 4.50. The molecule has 1 saturated carbocycles. The van der Waals surface area contributed by atoms with E-state index in [2.05, 4.69) is 46.9 Å². The molecule has 4 heterocycles. The number of aromatic nitrogens is 5. The summed E-state index contributed by atoms with van der Waals surface area (Å²) in [6.07, 6.45) is 12.2. The van der Waals surface area contributed by atoms with Crippen molar-refractivity contribution in [3.05, 3.63) is 35.0 Å². The van der Waals surface area contributed by atoms with Gasteiger partial charge in [-0.1, -0.05) is 0 Å². The number of aliphatic imine (C=N–C) groups is 1. The Morgan fingerprint density at radius 3 is 2.76 bits per heavy atom. The van der Waals surface area contributed by atoms with Gasteiger partial charge in [-0.3, -0.25) is 15.0 Å². The second-order valence-corrected chi connectivity index (χ2v) is 10.3. The van der Waals surface area contributed by atoms with Crippen LogP contribution < -0.4 is 5.73 Å². The van der Waals surface area contributed by atoms with Gasteiger partial charge in [0.2, 0.25) is 5.28 Å². The maximum absolute atomic E-state index is 6.30. The fourth-order valence-electron chi connectivity index (χ4n) is 5.78. The average Bonchev–Trinajstić information content (AvgIpc) is 3.56. The van der Waals surface area contributed by atoms with E-state index in [1.165, 1.54) is 31.4 Å². The monoisotopic (exact) mass is 486 g/mol. The first-order valence-electron chi connectivity index (χ1n) is 11.6. The number of hydrogen-bond acceptors (Lipinski definition) is 7. The molecule has 176 valence electrons. The minimum atomic E-state index is 0.198. The van der Waals surface area contributed by atoms with Crippen molar-refractivity contribution in [3.63, 3.8) is 0 Å². The average molecular weight is 487 g/mol. The lowest BCUT2D eigenvalue weighted by molar-refractivity contribution is 0.140. The van der Waals surface area contributed by atoms with Gasteiger partial charge in [-0.05, 0) is 81.0 Å². The zero-order valence-electron chi connectivity index (χ0n) is 19.2. The number of aromatic amines is 1. The van der Waals surface area contributed by atoms with Crippen LogP contribution in [0.5, 0.6) is 0 Å². The summed E-state index contributed by atoms with van der Waals surface area (Å²) in [5.41, 5.74) is 9.33. The molecule has 2 fully saturated rings. The lowest BCUT2D eigenvalue weighted by Gasteiger charge is -2.34. The summed E-state index contributed by atoms with van der Waals surface area (Å²) in [5.74, 6) is 1.96. The number of nitrogens with one attached hydrogen (secondary N) is 1. The van der Waals surface area contributed by atoms with Gasteiger partial charge in [0, 0.05) is 43.3 Å². The molecule has 8 nitrogen and oxygen atoms in total. The predicted octanol–water partition coefficient (Wildman–Crippen LogP) is 4.38. The molecule has 2 atom stereocenters. The van der Waals surface area contributed by atoms with E-state index in [0.29, 0.717) is 11.9 Å². The number of halogens is 1. The van der Waals surface area contributed by atoms with Gasteiger partial charge in [0.1, 0.15) is 11.5 Å². The van der Waals surface area contributed by atoms with E-state index in [0.717, 1.165) is 59.5 Å². The highest BCUT2D eigenvalue weighted by Crippen LogP contribution is 2.44. The fourth-order valence-corrected chi connectivity index (χ4v) is 6.51. The van der Waals surface area contributed by atoms with Gasteiger partial charge in [0.05, 0.1) is 10.4 Å². The van der Waals surface area contributed by atoms with Gasteiger partial charge in [-0.15, -0.1) is 11.8 Å². The van der Waals surface area contributed by atoms with Gasteiger partial charge >= 0.3 is 0 Å². The SMILES string of the molecule is C/N=C(\SC)c1cn(C2CCC(C3CCN(Cc4ccn[nH]4)CC3)C2)c2nc(Cl)nc(N)c12. The Balaban J connectivity index is 1.32. The summed E-state index contributed by atoms with van der Waals surface area (Å²) in [6, 6.07) is 2.47. The zero-order chi connectivity index (χ0) is 22.9. The number of nitrogens with zero attached hydrogens (tertiary/aromatic N) is 6. The van der Waals surface area contributed by atoms with Gasteiger partial charge in [-0.2, -0.15) is 10.1 Å². The molecule has 5 rings (SSSR count). The van der Waals surface area contributed by atoms with Crippen LogP contribution in [0.4, 0.5) is 5.82 Å². The molecule has 0 spiro atoms. The van der Waals surface area contributed by atoms with Crippen molar-refractivity contribution in [3.8, 4) is 0 Å². The van der Waals surface area contributed by atoms with Crippen molar-refractivity contribution >= 4 is 45.3 Å². The molecule has 2 aliphatic rings. The minimum Gasteiger partial charge on any atom is -0.383 e. The number of rotatable bonds is 5. The number of nitrogen functional groups attached to an aromatic ring is 1. The predicted molar refractivity (Wildman–Crippen MR) is 136 cm³/mol. The molecule has 0 bridgehead atoms.